The zero-order valence-electron chi connectivity index (χ0n) is 24.8. The Morgan fingerprint density at radius 2 is 1.61 bits per heavy atom. The molecule has 3 atom stereocenters. The first-order chi connectivity index (χ1) is 21.4. The molecule has 2 aliphatic heterocycles. The molecule has 220 valence electrons. The molecule has 1 aromatic heterocycles. The Kier molecular flexibility index (Phi) is 7.01. The number of aromatic amines is 1. The SMILES string of the molecule is Cc1ccccc1[C@H]1c2[nH]c3ccccc3c2C[C@H]2C(=O)N(c3ccccc3C(=O)N[C@@H](C)CCc3ccccc3)C(=O)N12. The summed E-state index contributed by atoms with van der Waals surface area (Å²) in [4.78, 5) is 48.8. The highest BCUT2D eigenvalue weighted by Crippen LogP contribution is 2.45. The number of H-pyrrole nitrogens is 1. The summed E-state index contributed by atoms with van der Waals surface area (Å²) < 4.78 is 0. The van der Waals surface area contributed by atoms with Gasteiger partial charge >= 0.3 is 6.03 Å². The molecular weight excluding hydrogens is 548 g/mol. The topological polar surface area (TPSA) is 85.5 Å². The summed E-state index contributed by atoms with van der Waals surface area (Å²) in [6.07, 6.45) is 1.99. The van der Waals surface area contributed by atoms with E-state index in [4.69, 9.17) is 0 Å². The smallest absolute Gasteiger partial charge is 0.332 e. The van der Waals surface area contributed by atoms with E-state index >= 15 is 0 Å². The second-order valence-electron chi connectivity index (χ2n) is 11.8. The molecule has 7 heteroatoms. The lowest BCUT2D eigenvalue weighted by molar-refractivity contribution is -0.120. The van der Waals surface area contributed by atoms with Crippen molar-refractivity contribution in [2.24, 2.45) is 0 Å². The number of carbonyl (C=O) groups is 3. The number of aromatic nitrogens is 1. The average molecular weight is 583 g/mol. The fraction of sp³-hybridized carbons (Fsp3) is 0.216. The number of nitrogens with zero attached hydrogens (tertiary/aromatic N) is 2. The van der Waals surface area contributed by atoms with Gasteiger partial charge in [-0.25, -0.2) is 9.69 Å². The maximum absolute atomic E-state index is 14.4. The summed E-state index contributed by atoms with van der Waals surface area (Å²) in [6.45, 7) is 4.00. The van der Waals surface area contributed by atoms with Crippen molar-refractivity contribution in [1.29, 1.82) is 0 Å². The van der Waals surface area contributed by atoms with E-state index in [0.29, 0.717) is 17.7 Å². The van der Waals surface area contributed by atoms with Crippen LogP contribution < -0.4 is 10.2 Å². The summed E-state index contributed by atoms with van der Waals surface area (Å²) in [5, 5.41) is 4.15. The molecule has 0 saturated carbocycles. The van der Waals surface area contributed by atoms with Crippen molar-refractivity contribution in [3.8, 4) is 0 Å². The lowest BCUT2D eigenvalue weighted by atomic mass is 9.87. The van der Waals surface area contributed by atoms with Crippen LogP contribution in [0.2, 0.25) is 0 Å². The first-order valence-corrected chi connectivity index (χ1v) is 15.2. The Morgan fingerprint density at radius 3 is 2.43 bits per heavy atom. The fourth-order valence-electron chi connectivity index (χ4n) is 6.78. The van der Waals surface area contributed by atoms with Crippen molar-refractivity contribution in [2.45, 2.75) is 51.2 Å². The molecule has 1 saturated heterocycles. The van der Waals surface area contributed by atoms with Crippen LogP contribution in [0, 0.1) is 6.92 Å². The Hall–Kier alpha value is -5.17. The van der Waals surface area contributed by atoms with E-state index < -0.39 is 18.1 Å². The molecule has 5 aromatic rings. The van der Waals surface area contributed by atoms with Crippen LogP contribution >= 0.6 is 0 Å². The highest BCUT2D eigenvalue weighted by molar-refractivity contribution is 6.24. The van der Waals surface area contributed by atoms with Crippen molar-refractivity contribution in [1.82, 2.24) is 15.2 Å². The van der Waals surface area contributed by atoms with Gasteiger partial charge in [-0.2, -0.15) is 0 Å². The summed E-state index contributed by atoms with van der Waals surface area (Å²) in [6, 6.07) is 31.4. The van der Waals surface area contributed by atoms with Gasteiger partial charge < -0.3 is 10.3 Å². The van der Waals surface area contributed by atoms with Gasteiger partial charge in [0.05, 0.1) is 11.3 Å². The van der Waals surface area contributed by atoms with Crippen molar-refractivity contribution in [3.05, 3.63) is 137 Å². The highest BCUT2D eigenvalue weighted by Gasteiger charge is 2.53. The molecular formula is C37H34N4O3. The number of nitrogens with one attached hydrogen (secondary N) is 2. The predicted molar refractivity (Wildman–Crippen MR) is 172 cm³/mol. The summed E-state index contributed by atoms with van der Waals surface area (Å²) in [5.74, 6) is -0.625. The zero-order chi connectivity index (χ0) is 30.4. The number of aryl methyl sites for hydroxylation is 2. The maximum atomic E-state index is 14.4. The van der Waals surface area contributed by atoms with Crippen LogP contribution in [0.3, 0.4) is 0 Å². The number of urea groups is 1. The van der Waals surface area contributed by atoms with Gasteiger partial charge in [-0.1, -0.05) is 84.9 Å². The fourth-order valence-corrected chi connectivity index (χ4v) is 6.78. The van der Waals surface area contributed by atoms with Crippen LogP contribution in [0.5, 0.6) is 0 Å². The molecule has 2 N–H and O–H groups in total. The van der Waals surface area contributed by atoms with Gasteiger partial charge in [0.2, 0.25) is 0 Å². The number of rotatable bonds is 7. The number of benzene rings is 4. The van der Waals surface area contributed by atoms with E-state index in [0.717, 1.165) is 46.1 Å². The van der Waals surface area contributed by atoms with Crippen molar-refractivity contribution < 1.29 is 14.4 Å². The number of hydrogen-bond donors (Lipinski definition) is 2. The number of amides is 4. The van der Waals surface area contributed by atoms with Crippen LogP contribution in [0.1, 0.15) is 57.7 Å². The number of hydrogen-bond acceptors (Lipinski definition) is 3. The van der Waals surface area contributed by atoms with Crippen molar-refractivity contribution >= 4 is 34.4 Å². The number of carbonyl (C=O) groups excluding carboxylic acids is 3. The van der Waals surface area contributed by atoms with Crippen LogP contribution in [-0.2, 0) is 17.6 Å². The van der Waals surface area contributed by atoms with Gasteiger partial charge in [0, 0.05) is 29.1 Å². The van der Waals surface area contributed by atoms with Gasteiger partial charge in [-0.05, 0) is 67.1 Å². The molecule has 3 heterocycles. The van der Waals surface area contributed by atoms with Crippen LogP contribution in [0.15, 0.2) is 103 Å². The predicted octanol–water partition coefficient (Wildman–Crippen LogP) is 6.71. The molecule has 7 nitrogen and oxygen atoms in total. The number of para-hydroxylation sites is 2. The van der Waals surface area contributed by atoms with E-state index in [2.05, 4.69) is 28.5 Å². The minimum Gasteiger partial charge on any atom is -0.356 e. The van der Waals surface area contributed by atoms with Crippen molar-refractivity contribution in [3.63, 3.8) is 0 Å². The third kappa shape index (κ3) is 4.65. The van der Waals surface area contributed by atoms with E-state index in [9.17, 15) is 14.4 Å². The quantitative estimate of drug-likeness (QED) is 0.209. The number of imide groups is 1. The summed E-state index contributed by atoms with van der Waals surface area (Å²) >= 11 is 0. The zero-order valence-corrected chi connectivity index (χ0v) is 24.8. The summed E-state index contributed by atoms with van der Waals surface area (Å²) in [7, 11) is 0. The molecule has 4 aromatic carbocycles. The lowest BCUT2D eigenvalue weighted by Gasteiger charge is -2.36. The minimum atomic E-state index is -0.695. The summed E-state index contributed by atoms with van der Waals surface area (Å²) in [5.41, 5.74) is 6.78. The van der Waals surface area contributed by atoms with Gasteiger partial charge in [-0.3, -0.25) is 14.5 Å². The molecule has 0 spiro atoms. The van der Waals surface area contributed by atoms with E-state index in [1.54, 1.807) is 29.2 Å². The Balaban J connectivity index is 1.23. The second kappa shape index (κ2) is 11.2. The second-order valence-corrected chi connectivity index (χ2v) is 11.8. The molecule has 0 radical (unpaired) electrons. The average Bonchev–Trinajstić information content (AvgIpc) is 3.54. The number of fused-ring (bicyclic) bond motifs is 4. The molecule has 7 rings (SSSR count). The highest BCUT2D eigenvalue weighted by atomic mass is 16.2. The Bertz CT molecular complexity index is 1900. The lowest BCUT2D eigenvalue weighted by Crippen LogP contribution is -2.44. The molecule has 0 unspecified atom stereocenters. The van der Waals surface area contributed by atoms with Crippen LogP contribution in [0.25, 0.3) is 10.9 Å². The maximum Gasteiger partial charge on any atom is 0.332 e. The number of anilines is 1. The molecule has 2 aliphatic rings. The standard InChI is InChI=1S/C37H34N4O3/c1-23-12-6-7-15-26(23)34-33-29(27-16-8-10-18-30(27)39-33)22-32-36(43)41(37(44)40(32)34)31-19-11-9-17-28(31)35(42)38-24(2)20-21-25-13-4-3-5-14-25/h3-19,24,32,34,39H,20-22H2,1-2H3,(H,38,42)/t24-,32-,34-/m0/s1. The Morgan fingerprint density at radius 1 is 0.909 bits per heavy atom. The van der Waals surface area contributed by atoms with E-state index in [1.807, 2.05) is 74.5 Å². The normalized spacial score (nSPS) is 18.3. The molecule has 0 bridgehead atoms. The largest absolute Gasteiger partial charge is 0.356 e. The minimum absolute atomic E-state index is 0.101. The molecule has 1 fully saturated rings. The van der Waals surface area contributed by atoms with Gasteiger partial charge in [0.1, 0.15) is 12.1 Å². The monoisotopic (exact) mass is 582 g/mol. The third-order valence-corrected chi connectivity index (χ3v) is 9.01. The first-order valence-electron chi connectivity index (χ1n) is 15.2. The van der Waals surface area contributed by atoms with Gasteiger partial charge in [0.15, 0.2) is 0 Å². The molecule has 4 amide bonds. The van der Waals surface area contributed by atoms with E-state index in [-0.39, 0.29) is 17.9 Å². The first kappa shape index (κ1) is 27.7. The Labute approximate surface area is 256 Å². The molecule has 44 heavy (non-hydrogen) atoms. The van der Waals surface area contributed by atoms with E-state index in [1.165, 1.54) is 10.5 Å². The van der Waals surface area contributed by atoms with Gasteiger partial charge in [-0.15, -0.1) is 0 Å². The van der Waals surface area contributed by atoms with Crippen LogP contribution in [0.4, 0.5) is 10.5 Å². The molecule has 0 aliphatic carbocycles. The van der Waals surface area contributed by atoms with Crippen molar-refractivity contribution in [2.75, 3.05) is 4.90 Å². The van der Waals surface area contributed by atoms with Crippen LogP contribution in [-0.4, -0.2) is 39.8 Å². The third-order valence-electron chi connectivity index (χ3n) is 9.01. The van der Waals surface area contributed by atoms with Gasteiger partial charge in [0.25, 0.3) is 11.8 Å².